The summed E-state index contributed by atoms with van der Waals surface area (Å²) in [5.41, 5.74) is 0.295. The molecule has 4 nitrogen and oxygen atoms in total. The van der Waals surface area contributed by atoms with Crippen molar-refractivity contribution in [2.24, 2.45) is 12.5 Å². The zero-order valence-corrected chi connectivity index (χ0v) is 10.5. The summed E-state index contributed by atoms with van der Waals surface area (Å²) in [6.07, 6.45) is 6.51. The zero-order valence-electron chi connectivity index (χ0n) is 10.5. The molecule has 90 valence electrons. The number of nitrogens with one attached hydrogen (secondary N) is 1. The molecule has 1 aliphatic rings. The highest BCUT2D eigenvalue weighted by atomic mass is 15.3. The van der Waals surface area contributed by atoms with Crippen LogP contribution in [0.4, 0.5) is 0 Å². The Bertz CT molecular complexity index is 343. The van der Waals surface area contributed by atoms with E-state index >= 15 is 0 Å². The van der Waals surface area contributed by atoms with Crippen molar-refractivity contribution in [2.45, 2.75) is 45.6 Å². The summed E-state index contributed by atoms with van der Waals surface area (Å²) in [7, 11) is 1.97. The Morgan fingerprint density at radius 1 is 1.56 bits per heavy atom. The first-order chi connectivity index (χ1) is 7.63. The summed E-state index contributed by atoms with van der Waals surface area (Å²) in [5, 5.41) is 7.75. The van der Waals surface area contributed by atoms with Crippen molar-refractivity contribution in [3.63, 3.8) is 0 Å². The van der Waals surface area contributed by atoms with Gasteiger partial charge in [0.05, 0.1) is 0 Å². The minimum atomic E-state index is 0.295. The van der Waals surface area contributed by atoms with Crippen LogP contribution < -0.4 is 5.32 Å². The van der Waals surface area contributed by atoms with E-state index in [0.717, 1.165) is 24.8 Å². The average Bonchev–Trinajstić information content (AvgIpc) is 3.02. The average molecular weight is 222 g/mol. The van der Waals surface area contributed by atoms with Gasteiger partial charge in [-0.2, -0.15) is 5.10 Å². The molecule has 1 heterocycles. The quantitative estimate of drug-likeness (QED) is 0.793. The molecule has 0 bridgehead atoms. The van der Waals surface area contributed by atoms with E-state index in [1.807, 2.05) is 11.7 Å². The van der Waals surface area contributed by atoms with Gasteiger partial charge in [0.2, 0.25) is 0 Å². The van der Waals surface area contributed by atoms with Crippen molar-refractivity contribution in [3.8, 4) is 0 Å². The van der Waals surface area contributed by atoms with Crippen LogP contribution in [0.2, 0.25) is 0 Å². The highest BCUT2D eigenvalue weighted by Gasteiger charge is 2.28. The van der Waals surface area contributed by atoms with Gasteiger partial charge in [-0.3, -0.25) is 4.68 Å². The van der Waals surface area contributed by atoms with Crippen LogP contribution in [0.3, 0.4) is 0 Å². The maximum Gasteiger partial charge on any atom is 0.138 e. The molecule has 0 aromatic carbocycles. The van der Waals surface area contributed by atoms with Crippen LogP contribution in [0.5, 0.6) is 0 Å². The summed E-state index contributed by atoms with van der Waals surface area (Å²) in [4.78, 5) is 4.32. The van der Waals surface area contributed by atoms with Gasteiger partial charge < -0.3 is 5.32 Å². The SMILES string of the molecule is CCC(C)(CNC1CC1)Cc1ncnn1C. The van der Waals surface area contributed by atoms with E-state index in [0.29, 0.717) is 5.41 Å². The number of nitrogens with zero attached hydrogens (tertiary/aromatic N) is 3. The maximum atomic E-state index is 4.32. The van der Waals surface area contributed by atoms with Gasteiger partial charge in [-0.1, -0.05) is 13.8 Å². The van der Waals surface area contributed by atoms with Crippen molar-refractivity contribution < 1.29 is 0 Å². The first-order valence-corrected chi connectivity index (χ1v) is 6.19. The van der Waals surface area contributed by atoms with Gasteiger partial charge in [0, 0.05) is 26.1 Å². The lowest BCUT2D eigenvalue weighted by Crippen LogP contribution is -2.35. The largest absolute Gasteiger partial charge is 0.313 e. The molecule has 1 unspecified atom stereocenters. The highest BCUT2D eigenvalue weighted by molar-refractivity contribution is 4.94. The fraction of sp³-hybridized carbons (Fsp3) is 0.833. The molecule has 1 aliphatic carbocycles. The standard InChI is InChI=1S/C12H22N4/c1-4-12(2,8-13-10-5-6-10)7-11-14-9-15-16(11)3/h9-10,13H,4-8H2,1-3H3. The van der Waals surface area contributed by atoms with Crippen molar-refractivity contribution in [1.82, 2.24) is 20.1 Å². The molecule has 1 aromatic heterocycles. The predicted octanol–water partition coefficient (Wildman–Crippen LogP) is 1.53. The van der Waals surface area contributed by atoms with E-state index in [-0.39, 0.29) is 0 Å². The van der Waals surface area contributed by atoms with E-state index in [9.17, 15) is 0 Å². The second-order valence-electron chi connectivity index (χ2n) is 5.30. The van der Waals surface area contributed by atoms with Crippen LogP contribution in [-0.2, 0) is 13.5 Å². The molecule has 0 spiro atoms. The van der Waals surface area contributed by atoms with Gasteiger partial charge >= 0.3 is 0 Å². The van der Waals surface area contributed by atoms with Gasteiger partial charge in [0.25, 0.3) is 0 Å². The van der Waals surface area contributed by atoms with Crippen molar-refractivity contribution in [2.75, 3.05) is 6.54 Å². The fourth-order valence-electron chi connectivity index (χ4n) is 1.85. The molecular formula is C12H22N4. The Morgan fingerprint density at radius 2 is 2.31 bits per heavy atom. The van der Waals surface area contributed by atoms with E-state index < -0.39 is 0 Å². The molecule has 1 aromatic rings. The van der Waals surface area contributed by atoms with E-state index in [1.165, 1.54) is 19.3 Å². The van der Waals surface area contributed by atoms with Gasteiger partial charge in [-0.05, 0) is 24.7 Å². The Morgan fingerprint density at radius 3 is 2.81 bits per heavy atom. The Kier molecular flexibility index (Phi) is 3.28. The molecule has 0 amide bonds. The smallest absolute Gasteiger partial charge is 0.138 e. The number of hydrogen-bond donors (Lipinski definition) is 1. The third-order valence-corrected chi connectivity index (χ3v) is 3.64. The molecule has 16 heavy (non-hydrogen) atoms. The van der Waals surface area contributed by atoms with Crippen molar-refractivity contribution in [3.05, 3.63) is 12.2 Å². The van der Waals surface area contributed by atoms with Gasteiger partial charge in [0.1, 0.15) is 12.2 Å². The second-order valence-corrected chi connectivity index (χ2v) is 5.30. The Hall–Kier alpha value is -0.900. The van der Waals surface area contributed by atoms with Gasteiger partial charge in [-0.15, -0.1) is 0 Å². The molecule has 1 N–H and O–H groups in total. The molecule has 0 saturated heterocycles. The van der Waals surface area contributed by atoms with Crippen molar-refractivity contribution in [1.29, 1.82) is 0 Å². The lowest BCUT2D eigenvalue weighted by molar-refractivity contribution is 0.280. The fourth-order valence-corrected chi connectivity index (χ4v) is 1.85. The van der Waals surface area contributed by atoms with Crippen LogP contribution >= 0.6 is 0 Å². The number of aromatic nitrogens is 3. The first-order valence-electron chi connectivity index (χ1n) is 6.19. The molecule has 1 fully saturated rings. The number of rotatable bonds is 6. The minimum absolute atomic E-state index is 0.295. The minimum Gasteiger partial charge on any atom is -0.313 e. The summed E-state index contributed by atoms with van der Waals surface area (Å²) < 4.78 is 1.88. The highest BCUT2D eigenvalue weighted by Crippen LogP contribution is 2.27. The van der Waals surface area contributed by atoms with Gasteiger partial charge in [-0.25, -0.2) is 4.98 Å². The third-order valence-electron chi connectivity index (χ3n) is 3.64. The zero-order chi connectivity index (χ0) is 11.6. The van der Waals surface area contributed by atoms with E-state index in [1.54, 1.807) is 6.33 Å². The van der Waals surface area contributed by atoms with Crippen LogP contribution in [0.15, 0.2) is 6.33 Å². The summed E-state index contributed by atoms with van der Waals surface area (Å²) in [6, 6.07) is 0.783. The van der Waals surface area contributed by atoms with Crippen molar-refractivity contribution >= 4 is 0 Å². The molecule has 0 aliphatic heterocycles. The molecule has 0 radical (unpaired) electrons. The molecule has 1 saturated carbocycles. The molecule has 4 heteroatoms. The molecular weight excluding hydrogens is 200 g/mol. The van der Waals surface area contributed by atoms with Crippen LogP contribution in [0.1, 0.15) is 38.9 Å². The summed E-state index contributed by atoms with van der Waals surface area (Å²) >= 11 is 0. The Labute approximate surface area is 97.5 Å². The number of hydrogen-bond acceptors (Lipinski definition) is 3. The normalized spacial score (nSPS) is 19.7. The lowest BCUT2D eigenvalue weighted by atomic mass is 9.83. The van der Waals surface area contributed by atoms with E-state index in [2.05, 4.69) is 29.2 Å². The number of aryl methyl sites for hydroxylation is 1. The molecule has 1 atom stereocenters. The van der Waals surface area contributed by atoms with Crippen LogP contribution in [-0.4, -0.2) is 27.4 Å². The Balaban J connectivity index is 1.94. The van der Waals surface area contributed by atoms with Crippen LogP contribution in [0, 0.1) is 5.41 Å². The lowest BCUT2D eigenvalue weighted by Gasteiger charge is -2.28. The topological polar surface area (TPSA) is 42.7 Å². The summed E-state index contributed by atoms with van der Waals surface area (Å²) in [6.45, 7) is 5.67. The first kappa shape index (κ1) is 11.6. The second kappa shape index (κ2) is 4.53. The maximum absolute atomic E-state index is 4.32. The summed E-state index contributed by atoms with van der Waals surface area (Å²) in [5.74, 6) is 1.09. The van der Waals surface area contributed by atoms with E-state index in [4.69, 9.17) is 0 Å². The van der Waals surface area contributed by atoms with Crippen LogP contribution in [0.25, 0.3) is 0 Å². The predicted molar refractivity (Wildman–Crippen MR) is 64.1 cm³/mol. The molecule has 2 rings (SSSR count). The monoisotopic (exact) mass is 222 g/mol. The van der Waals surface area contributed by atoms with Gasteiger partial charge in [0.15, 0.2) is 0 Å². The third kappa shape index (κ3) is 2.82.